The average Bonchev–Trinajstić information content (AvgIpc) is 2.82. The summed E-state index contributed by atoms with van der Waals surface area (Å²) in [4.78, 5) is 26.3. The molecule has 0 aliphatic rings. The van der Waals surface area contributed by atoms with Crippen molar-refractivity contribution in [2.24, 2.45) is 0 Å². The first-order valence-electron chi connectivity index (χ1n) is 10.9. The Kier molecular flexibility index (Phi) is 7.61. The molecule has 0 radical (unpaired) electrons. The smallest absolute Gasteiger partial charge is 0.274 e. The van der Waals surface area contributed by atoms with Gasteiger partial charge in [0.15, 0.2) is 0 Å². The van der Waals surface area contributed by atoms with Crippen molar-refractivity contribution < 1.29 is 9.59 Å². The second-order valence-corrected chi connectivity index (χ2v) is 8.40. The van der Waals surface area contributed by atoms with E-state index in [4.69, 9.17) is 5.41 Å². The summed E-state index contributed by atoms with van der Waals surface area (Å²) in [6, 6.07) is 22.3. The van der Waals surface area contributed by atoms with E-state index in [1.54, 1.807) is 43.3 Å². The Morgan fingerprint density at radius 1 is 0.909 bits per heavy atom. The Balaban J connectivity index is 1.67. The lowest BCUT2D eigenvalue weighted by Crippen LogP contribution is -2.24. The molecule has 3 rings (SSSR count). The number of rotatable bonds is 8. The fourth-order valence-electron chi connectivity index (χ4n) is 3.34. The molecular formula is C27H30N4O2. The first kappa shape index (κ1) is 23.7. The minimum atomic E-state index is -0.465. The van der Waals surface area contributed by atoms with Crippen LogP contribution in [0.15, 0.2) is 72.8 Å². The molecule has 0 aliphatic carbocycles. The van der Waals surface area contributed by atoms with Crippen LogP contribution < -0.4 is 10.6 Å². The summed E-state index contributed by atoms with van der Waals surface area (Å²) in [6.45, 7) is 4.73. The number of benzene rings is 3. The maximum absolute atomic E-state index is 12.7. The number of nitrogens with zero attached hydrogens (tertiary/aromatic N) is 1. The average molecular weight is 443 g/mol. The van der Waals surface area contributed by atoms with E-state index in [1.165, 1.54) is 5.56 Å². The largest absolute Gasteiger partial charge is 0.380 e. The molecule has 0 aromatic heterocycles. The Morgan fingerprint density at radius 2 is 1.55 bits per heavy atom. The Morgan fingerprint density at radius 3 is 2.15 bits per heavy atom. The highest BCUT2D eigenvalue weighted by atomic mass is 16.2. The number of anilines is 2. The predicted octanol–water partition coefficient (Wildman–Crippen LogP) is 5.13. The number of hydrogen-bond acceptors (Lipinski definition) is 4. The van der Waals surface area contributed by atoms with Crippen LogP contribution in [0.3, 0.4) is 0 Å². The van der Waals surface area contributed by atoms with Gasteiger partial charge in [0, 0.05) is 43.1 Å². The number of para-hydroxylation sites is 1. The highest BCUT2D eigenvalue weighted by Gasteiger charge is 2.16. The zero-order valence-electron chi connectivity index (χ0n) is 19.5. The first-order valence-corrected chi connectivity index (χ1v) is 10.9. The maximum Gasteiger partial charge on any atom is 0.274 e. The van der Waals surface area contributed by atoms with E-state index in [0.717, 1.165) is 5.56 Å². The van der Waals surface area contributed by atoms with E-state index >= 15 is 0 Å². The van der Waals surface area contributed by atoms with Gasteiger partial charge >= 0.3 is 0 Å². The van der Waals surface area contributed by atoms with E-state index in [9.17, 15) is 9.59 Å². The van der Waals surface area contributed by atoms with Gasteiger partial charge in [-0.15, -0.1) is 0 Å². The van der Waals surface area contributed by atoms with Gasteiger partial charge in [0.25, 0.3) is 11.8 Å². The van der Waals surface area contributed by atoms with Gasteiger partial charge < -0.3 is 15.5 Å². The highest BCUT2D eigenvalue weighted by molar-refractivity contribution is 6.48. The van der Waals surface area contributed by atoms with Gasteiger partial charge in [0.1, 0.15) is 5.71 Å². The van der Waals surface area contributed by atoms with Crippen molar-refractivity contribution in [1.29, 1.82) is 5.41 Å². The van der Waals surface area contributed by atoms with Crippen LogP contribution in [-0.4, -0.2) is 36.5 Å². The molecule has 0 spiro atoms. The van der Waals surface area contributed by atoms with Crippen LogP contribution in [0.25, 0.3) is 0 Å². The molecule has 170 valence electrons. The van der Waals surface area contributed by atoms with Gasteiger partial charge in [0.05, 0.1) is 0 Å². The van der Waals surface area contributed by atoms with Crippen LogP contribution in [-0.2, 0) is 11.3 Å². The summed E-state index contributed by atoms with van der Waals surface area (Å²) in [5.41, 5.74) is 4.57. The van der Waals surface area contributed by atoms with Gasteiger partial charge in [-0.2, -0.15) is 0 Å². The lowest BCUT2D eigenvalue weighted by atomic mass is 10.0. The molecule has 6 heteroatoms. The van der Waals surface area contributed by atoms with Crippen LogP contribution in [0, 0.1) is 5.41 Å². The standard InChI is InChI=1S/C27H30N4O2/c1-18(2)20-13-15-22(16-14-20)30-26(32)25(28)23-7-5-6-8-24(23)29-17-19-9-11-21(12-10-19)27(33)31(3)4/h5-16,18,28-29H,17H2,1-4H3,(H,30,32). The summed E-state index contributed by atoms with van der Waals surface area (Å²) in [6.07, 6.45) is 0. The van der Waals surface area contributed by atoms with Crippen LogP contribution in [0.1, 0.15) is 46.8 Å². The number of nitrogens with one attached hydrogen (secondary N) is 3. The topological polar surface area (TPSA) is 85.3 Å². The second kappa shape index (κ2) is 10.6. The van der Waals surface area contributed by atoms with Crippen molar-refractivity contribution in [3.05, 3.63) is 95.1 Å². The molecule has 0 bridgehead atoms. The third-order valence-electron chi connectivity index (χ3n) is 5.35. The fraction of sp³-hybridized carbons (Fsp3) is 0.222. The van der Waals surface area contributed by atoms with Crippen LogP contribution in [0.5, 0.6) is 0 Å². The Hall–Kier alpha value is -3.93. The molecule has 0 aliphatic heterocycles. The van der Waals surface area contributed by atoms with Crippen molar-refractivity contribution in [2.75, 3.05) is 24.7 Å². The lowest BCUT2D eigenvalue weighted by Gasteiger charge is -2.14. The van der Waals surface area contributed by atoms with Crippen LogP contribution in [0.2, 0.25) is 0 Å². The van der Waals surface area contributed by atoms with Crippen molar-refractivity contribution in [3.63, 3.8) is 0 Å². The van der Waals surface area contributed by atoms with Gasteiger partial charge in [-0.1, -0.05) is 56.3 Å². The molecule has 3 N–H and O–H groups in total. The first-order chi connectivity index (χ1) is 15.8. The quantitative estimate of drug-likeness (QED) is 0.423. The molecule has 2 amide bonds. The van der Waals surface area contributed by atoms with Gasteiger partial charge in [-0.05, 0) is 47.4 Å². The Labute approximate surface area is 195 Å². The van der Waals surface area contributed by atoms with E-state index in [-0.39, 0.29) is 11.6 Å². The molecule has 0 unspecified atom stereocenters. The van der Waals surface area contributed by atoms with Crippen molar-refractivity contribution in [2.45, 2.75) is 26.3 Å². The highest BCUT2D eigenvalue weighted by Crippen LogP contribution is 2.20. The minimum absolute atomic E-state index is 0.0434. The zero-order chi connectivity index (χ0) is 24.0. The molecule has 6 nitrogen and oxygen atoms in total. The predicted molar refractivity (Wildman–Crippen MR) is 134 cm³/mol. The molecule has 33 heavy (non-hydrogen) atoms. The summed E-state index contributed by atoms with van der Waals surface area (Å²) in [7, 11) is 3.45. The zero-order valence-corrected chi connectivity index (χ0v) is 19.5. The molecule has 0 saturated heterocycles. The number of carbonyl (C=O) groups is 2. The van der Waals surface area contributed by atoms with E-state index in [2.05, 4.69) is 24.5 Å². The summed E-state index contributed by atoms with van der Waals surface area (Å²) in [5, 5.41) is 14.6. The van der Waals surface area contributed by atoms with Crippen molar-refractivity contribution >= 4 is 28.9 Å². The normalized spacial score (nSPS) is 10.6. The van der Waals surface area contributed by atoms with E-state index in [0.29, 0.717) is 35.0 Å². The van der Waals surface area contributed by atoms with Crippen LogP contribution in [0.4, 0.5) is 11.4 Å². The minimum Gasteiger partial charge on any atom is -0.380 e. The SMILES string of the molecule is CC(C)c1ccc(NC(=O)C(=N)c2ccccc2NCc2ccc(C(=O)N(C)C)cc2)cc1. The van der Waals surface area contributed by atoms with Gasteiger partial charge in [0.2, 0.25) is 0 Å². The Bertz CT molecular complexity index is 1130. The van der Waals surface area contributed by atoms with E-state index < -0.39 is 5.91 Å². The maximum atomic E-state index is 12.7. The third-order valence-corrected chi connectivity index (χ3v) is 5.35. The molecular weight excluding hydrogens is 412 g/mol. The van der Waals surface area contributed by atoms with E-state index in [1.807, 2.05) is 48.5 Å². The third kappa shape index (κ3) is 6.07. The molecule has 0 atom stereocenters. The molecule has 3 aromatic carbocycles. The van der Waals surface area contributed by atoms with Crippen molar-refractivity contribution in [1.82, 2.24) is 4.90 Å². The fourth-order valence-corrected chi connectivity index (χ4v) is 3.34. The second-order valence-electron chi connectivity index (χ2n) is 8.40. The molecule has 3 aromatic rings. The molecule has 0 saturated carbocycles. The van der Waals surface area contributed by atoms with Crippen molar-refractivity contribution in [3.8, 4) is 0 Å². The number of hydrogen-bond donors (Lipinski definition) is 3. The number of carbonyl (C=O) groups excluding carboxylic acids is 2. The van der Waals surface area contributed by atoms with Gasteiger partial charge in [-0.3, -0.25) is 15.0 Å². The summed E-state index contributed by atoms with van der Waals surface area (Å²) in [5.74, 6) is -0.0954. The molecule has 0 heterocycles. The lowest BCUT2D eigenvalue weighted by molar-refractivity contribution is -0.110. The van der Waals surface area contributed by atoms with Crippen LogP contribution >= 0.6 is 0 Å². The summed E-state index contributed by atoms with van der Waals surface area (Å²) < 4.78 is 0. The molecule has 0 fully saturated rings. The summed E-state index contributed by atoms with van der Waals surface area (Å²) >= 11 is 0. The monoisotopic (exact) mass is 442 g/mol. The van der Waals surface area contributed by atoms with Gasteiger partial charge in [-0.25, -0.2) is 0 Å². The number of amides is 2.